The summed E-state index contributed by atoms with van der Waals surface area (Å²) in [5.41, 5.74) is 3.85. The highest BCUT2D eigenvalue weighted by Crippen LogP contribution is 2.44. The molecule has 1 atom stereocenters. The lowest BCUT2D eigenvalue weighted by atomic mass is 9.98. The van der Waals surface area contributed by atoms with E-state index in [9.17, 15) is 27.9 Å². The van der Waals surface area contributed by atoms with Crippen molar-refractivity contribution in [1.29, 1.82) is 0 Å². The predicted molar refractivity (Wildman–Crippen MR) is 117 cm³/mol. The predicted octanol–water partition coefficient (Wildman–Crippen LogP) is 4.30. The van der Waals surface area contributed by atoms with E-state index in [4.69, 9.17) is 4.74 Å². The zero-order chi connectivity index (χ0) is 24.3. The van der Waals surface area contributed by atoms with Crippen molar-refractivity contribution in [3.63, 3.8) is 0 Å². The van der Waals surface area contributed by atoms with E-state index in [1.165, 1.54) is 12.1 Å². The summed E-state index contributed by atoms with van der Waals surface area (Å²) in [5.74, 6) is -1.55. The van der Waals surface area contributed by atoms with E-state index in [1.807, 2.05) is 48.5 Å². The number of aliphatic carboxylic acids is 1. The lowest BCUT2D eigenvalue weighted by Crippen LogP contribution is -2.41. The molecule has 0 saturated carbocycles. The van der Waals surface area contributed by atoms with Crippen molar-refractivity contribution in [1.82, 2.24) is 5.32 Å². The van der Waals surface area contributed by atoms with Gasteiger partial charge in [-0.3, -0.25) is 0 Å². The molecule has 0 unspecified atom stereocenters. The van der Waals surface area contributed by atoms with Crippen molar-refractivity contribution < 1.29 is 32.6 Å². The largest absolute Gasteiger partial charge is 0.550 e. The number of halogens is 3. The van der Waals surface area contributed by atoms with Crippen LogP contribution in [0.1, 0.15) is 34.6 Å². The Labute approximate surface area is 194 Å². The van der Waals surface area contributed by atoms with Gasteiger partial charge in [-0.1, -0.05) is 60.7 Å². The molecule has 3 aromatic rings. The molecule has 1 amide bonds. The SMILES string of the molecule is O=C([O-])C[C@@H](Cc1ccc(C(F)(F)F)cc1)NC(=O)OCC1c2ccccc2-c2ccccc21. The summed E-state index contributed by atoms with van der Waals surface area (Å²) in [5, 5.41) is 13.7. The Morgan fingerprint density at radius 1 is 0.912 bits per heavy atom. The van der Waals surface area contributed by atoms with E-state index in [0.29, 0.717) is 5.56 Å². The maximum atomic E-state index is 12.8. The van der Waals surface area contributed by atoms with E-state index in [2.05, 4.69) is 5.32 Å². The average Bonchev–Trinajstić information content (AvgIpc) is 3.11. The summed E-state index contributed by atoms with van der Waals surface area (Å²) in [6, 6.07) is 19.1. The van der Waals surface area contributed by atoms with Gasteiger partial charge >= 0.3 is 12.3 Å². The Hall–Kier alpha value is -3.81. The van der Waals surface area contributed by atoms with Gasteiger partial charge in [0.15, 0.2) is 0 Å². The summed E-state index contributed by atoms with van der Waals surface area (Å²) in [7, 11) is 0. The number of hydrogen-bond acceptors (Lipinski definition) is 4. The van der Waals surface area contributed by atoms with Gasteiger partial charge in [0.25, 0.3) is 0 Å². The van der Waals surface area contributed by atoms with Crippen molar-refractivity contribution in [2.75, 3.05) is 6.61 Å². The molecule has 0 fully saturated rings. The Balaban J connectivity index is 1.41. The van der Waals surface area contributed by atoms with E-state index >= 15 is 0 Å². The first-order chi connectivity index (χ1) is 16.2. The topological polar surface area (TPSA) is 78.5 Å². The smallest absolute Gasteiger partial charge is 0.416 e. The van der Waals surface area contributed by atoms with Gasteiger partial charge in [-0.15, -0.1) is 0 Å². The first kappa shape index (κ1) is 23.4. The fourth-order valence-corrected chi connectivity index (χ4v) is 4.30. The molecule has 0 bridgehead atoms. The van der Waals surface area contributed by atoms with Gasteiger partial charge < -0.3 is 20.0 Å². The standard InChI is InChI=1S/C26H22F3NO4/c27-26(28,29)17-11-9-16(10-12-17)13-18(14-24(31)32)30-25(33)34-15-23-21-7-3-1-5-19(21)20-6-2-4-8-22(20)23/h1-12,18,23H,13-15H2,(H,30,33)(H,31,32)/p-1/t18-/m1/s1. The molecule has 8 heteroatoms. The first-order valence-corrected chi connectivity index (χ1v) is 10.7. The second kappa shape index (κ2) is 9.59. The molecule has 5 nitrogen and oxygen atoms in total. The molecule has 0 spiro atoms. The zero-order valence-corrected chi connectivity index (χ0v) is 18.0. The molecule has 1 N–H and O–H groups in total. The van der Waals surface area contributed by atoms with E-state index in [0.717, 1.165) is 34.4 Å². The fraction of sp³-hybridized carbons (Fsp3) is 0.231. The number of benzene rings is 3. The van der Waals surface area contributed by atoms with Crippen LogP contribution in [0.4, 0.5) is 18.0 Å². The highest BCUT2D eigenvalue weighted by Gasteiger charge is 2.31. The van der Waals surface area contributed by atoms with Gasteiger partial charge in [0.1, 0.15) is 6.61 Å². The maximum absolute atomic E-state index is 12.8. The van der Waals surface area contributed by atoms with Crippen LogP contribution in [0.2, 0.25) is 0 Å². The van der Waals surface area contributed by atoms with Crippen LogP contribution >= 0.6 is 0 Å². The van der Waals surface area contributed by atoms with Gasteiger partial charge in [0.05, 0.1) is 5.56 Å². The van der Waals surface area contributed by atoms with Crippen molar-refractivity contribution in [3.05, 3.63) is 95.1 Å². The highest BCUT2D eigenvalue weighted by molar-refractivity contribution is 5.79. The van der Waals surface area contributed by atoms with Gasteiger partial charge in [-0.2, -0.15) is 13.2 Å². The van der Waals surface area contributed by atoms with E-state index < -0.39 is 36.3 Å². The van der Waals surface area contributed by atoms with Crippen LogP contribution in [-0.4, -0.2) is 24.7 Å². The minimum Gasteiger partial charge on any atom is -0.550 e. The lowest BCUT2D eigenvalue weighted by molar-refractivity contribution is -0.306. The summed E-state index contributed by atoms with van der Waals surface area (Å²) in [6.45, 7) is 0.0538. The second-order valence-electron chi connectivity index (χ2n) is 8.14. The van der Waals surface area contributed by atoms with Crippen LogP contribution < -0.4 is 10.4 Å². The quantitative estimate of drug-likeness (QED) is 0.561. The highest BCUT2D eigenvalue weighted by atomic mass is 19.4. The van der Waals surface area contributed by atoms with Gasteiger partial charge in [0.2, 0.25) is 0 Å². The molecule has 1 aliphatic carbocycles. The second-order valence-corrected chi connectivity index (χ2v) is 8.14. The third-order valence-corrected chi connectivity index (χ3v) is 5.84. The molecule has 4 rings (SSSR count). The molecule has 0 radical (unpaired) electrons. The molecular weight excluding hydrogens is 447 g/mol. The molecule has 1 aliphatic rings. The number of carboxylic acid groups (broad SMARTS) is 1. The third-order valence-electron chi connectivity index (χ3n) is 5.84. The number of carboxylic acids is 1. The monoisotopic (exact) mass is 468 g/mol. The van der Waals surface area contributed by atoms with Crippen LogP contribution in [0, 0.1) is 0 Å². The van der Waals surface area contributed by atoms with Crippen LogP contribution in [-0.2, 0) is 22.1 Å². The van der Waals surface area contributed by atoms with E-state index in [1.54, 1.807) is 0 Å². The minimum absolute atomic E-state index is 0.0102. The van der Waals surface area contributed by atoms with Gasteiger partial charge in [-0.25, -0.2) is 4.79 Å². The Kier molecular flexibility index (Phi) is 6.58. The number of rotatable bonds is 7. The summed E-state index contributed by atoms with van der Waals surface area (Å²) < 4.78 is 43.7. The van der Waals surface area contributed by atoms with E-state index in [-0.39, 0.29) is 18.9 Å². The van der Waals surface area contributed by atoms with Crippen LogP contribution in [0.3, 0.4) is 0 Å². The van der Waals surface area contributed by atoms with Crippen molar-refractivity contribution >= 4 is 12.1 Å². The molecule has 0 aromatic heterocycles. The minimum atomic E-state index is -4.47. The lowest BCUT2D eigenvalue weighted by Gasteiger charge is -2.21. The Morgan fingerprint density at radius 3 is 2.00 bits per heavy atom. The van der Waals surface area contributed by atoms with Crippen LogP contribution in [0.15, 0.2) is 72.8 Å². The number of carbonyl (C=O) groups excluding carboxylic acids is 2. The number of ether oxygens (including phenoxy) is 1. The van der Waals surface area contributed by atoms with Crippen LogP contribution in [0.5, 0.6) is 0 Å². The number of alkyl carbamates (subject to hydrolysis) is 1. The average molecular weight is 468 g/mol. The van der Waals surface area contributed by atoms with Crippen molar-refractivity contribution in [3.8, 4) is 11.1 Å². The Morgan fingerprint density at radius 2 is 1.47 bits per heavy atom. The normalized spacial score (nSPS) is 13.6. The molecule has 0 heterocycles. The number of carbonyl (C=O) groups is 2. The van der Waals surface area contributed by atoms with Gasteiger partial charge in [-0.05, 0) is 46.4 Å². The molecule has 34 heavy (non-hydrogen) atoms. The molecule has 3 aromatic carbocycles. The number of amides is 1. The first-order valence-electron chi connectivity index (χ1n) is 10.7. The summed E-state index contributed by atoms with van der Waals surface area (Å²) in [6.07, 6.45) is -5.77. The zero-order valence-electron chi connectivity index (χ0n) is 18.0. The number of hydrogen-bond donors (Lipinski definition) is 1. The maximum Gasteiger partial charge on any atom is 0.416 e. The fourth-order valence-electron chi connectivity index (χ4n) is 4.30. The van der Waals surface area contributed by atoms with Crippen molar-refractivity contribution in [2.24, 2.45) is 0 Å². The van der Waals surface area contributed by atoms with Crippen molar-refractivity contribution in [2.45, 2.75) is 31.0 Å². The number of fused-ring (bicyclic) bond motifs is 3. The summed E-state index contributed by atoms with van der Waals surface area (Å²) >= 11 is 0. The molecule has 0 saturated heterocycles. The Bertz CT molecular complexity index is 1150. The number of nitrogens with one attached hydrogen (secondary N) is 1. The summed E-state index contributed by atoms with van der Waals surface area (Å²) in [4.78, 5) is 23.7. The van der Waals surface area contributed by atoms with Gasteiger partial charge in [0, 0.05) is 24.3 Å². The molecular formula is C26H21F3NO4-. The molecule has 176 valence electrons. The number of alkyl halides is 3. The molecule has 0 aliphatic heterocycles. The third kappa shape index (κ3) is 5.22. The van der Waals surface area contributed by atoms with Crippen LogP contribution in [0.25, 0.3) is 11.1 Å².